The Hall–Kier alpha value is 0.180. The number of rotatable bonds is 1. The summed E-state index contributed by atoms with van der Waals surface area (Å²) in [6.45, 7) is -0.368. The highest BCUT2D eigenvalue weighted by Crippen LogP contribution is 2.63. The zero-order chi connectivity index (χ0) is 12.6. The van der Waals surface area contributed by atoms with Gasteiger partial charge in [0.2, 0.25) is 0 Å². The van der Waals surface area contributed by atoms with Crippen LogP contribution in [-0.2, 0) is 22.5 Å². The molecule has 1 aliphatic rings. The molecule has 0 bridgehead atoms. The summed E-state index contributed by atoms with van der Waals surface area (Å²) in [6, 6.07) is 0. The van der Waals surface area contributed by atoms with Gasteiger partial charge in [0.25, 0.3) is 0 Å². The lowest BCUT2D eigenvalue weighted by molar-refractivity contribution is -0.109. The highest BCUT2D eigenvalue weighted by molar-refractivity contribution is 7.61. The Kier molecular flexibility index (Phi) is 3.96. The van der Waals surface area contributed by atoms with Gasteiger partial charge in [-0.2, -0.15) is 4.31 Å². The highest BCUT2D eigenvalue weighted by atomic mass is 31.3. The van der Waals surface area contributed by atoms with Crippen molar-refractivity contribution in [3.8, 4) is 0 Å². The van der Waals surface area contributed by atoms with Crippen LogP contribution in [0.3, 0.4) is 0 Å². The van der Waals surface area contributed by atoms with Crippen molar-refractivity contribution in [2.45, 2.75) is 18.6 Å². The highest BCUT2D eigenvalue weighted by Gasteiger charge is 2.48. The lowest BCUT2D eigenvalue weighted by Crippen LogP contribution is -2.47. The average Bonchev–Trinajstić information content (AvgIpc) is 2.10. The molecule has 0 aromatic rings. The largest absolute Gasteiger partial charge is 0.481 e. The van der Waals surface area contributed by atoms with Gasteiger partial charge in [-0.05, 0) is 6.92 Å². The first-order valence-electron chi connectivity index (χ1n) is 4.11. The molecule has 1 saturated heterocycles. The molecule has 1 rings (SSSR count). The van der Waals surface area contributed by atoms with Gasteiger partial charge >= 0.3 is 15.6 Å². The third kappa shape index (κ3) is 3.33. The molecule has 0 amide bonds. The van der Waals surface area contributed by atoms with Gasteiger partial charge in [0.15, 0.2) is 0 Å². The van der Waals surface area contributed by atoms with Gasteiger partial charge < -0.3 is 20.0 Å². The SMILES string of the molecule is C[C@@]1([13CH2]O)OP(=O)(O)OP(=O)(O)O[13CH2][13C@H]1O. The van der Waals surface area contributed by atoms with Crippen LogP contribution in [0.1, 0.15) is 6.92 Å². The fourth-order valence-electron chi connectivity index (χ4n) is 0.970. The first-order valence-corrected chi connectivity index (χ1v) is 7.10. The van der Waals surface area contributed by atoms with Gasteiger partial charge in [-0.1, -0.05) is 0 Å². The molecule has 0 aromatic heterocycles. The van der Waals surface area contributed by atoms with E-state index in [1.54, 1.807) is 0 Å². The van der Waals surface area contributed by atoms with E-state index in [2.05, 4.69) is 13.4 Å². The number of hydrogen-bond acceptors (Lipinski definition) is 7. The van der Waals surface area contributed by atoms with Crippen LogP contribution in [0.2, 0.25) is 0 Å². The van der Waals surface area contributed by atoms with Crippen LogP contribution in [0.25, 0.3) is 0 Å². The lowest BCUT2D eigenvalue weighted by atomic mass is 10.3. The zero-order valence-corrected chi connectivity index (χ0v) is 10.0. The number of phosphoric ester groups is 2. The average molecular weight is 281 g/mol. The van der Waals surface area contributed by atoms with Crippen LogP contribution >= 0.6 is 15.6 Å². The third-order valence-electron chi connectivity index (χ3n) is 1.94. The second-order valence-electron chi connectivity index (χ2n) is 3.39. The van der Waals surface area contributed by atoms with Crippen LogP contribution in [0.4, 0.5) is 0 Å². The first-order chi connectivity index (χ1) is 7.10. The molecule has 1 aliphatic heterocycles. The van der Waals surface area contributed by atoms with Crippen molar-refractivity contribution in [2.75, 3.05) is 13.2 Å². The Labute approximate surface area is 90.8 Å². The summed E-state index contributed by atoms with van der Waals surface area (Å²) in [6.07, 6.45) is -1.57. The molecule has 0 radical (unpaired) electrons. The molecule has 0 saturated carbocycles. The minimum Gasteiger partial charge on any atom is -0.393 e. The number of phosphoric acid groups is 2. The Morgan fingerprint density at radius 3 is 2.44 bits per heavy atom. The van der Waals surface area contributed by atoms with Crippen LogP contribution in [0.15, 0.2) is 0 Å². The molecule has 0 aromatic carbocycles. The topological polar surface area (TPSA) is 143 Å². The van der Waals surface area contributed by atoms with Crippen molar-refractivity contribution in [3.63, 3.8) is 0 Å². The summed E-state index contributed by atoms with van der Waals surface area (Å²) in [5.41, 5.74) is -1.83. The molecule has 4 atom stereocenters. The smallest absolute Gasteiger partial charge is 0.393 e. The minimum absolute atomic E-state index is 0.690. The molecule has 1 heterocycles. The molecule has 96 valence electrons. The van der Waals surface area contributed by atoms with Gasteiger partial charge in [-0.25, -0.2) is 9.13 Å². The molecule has 4 N–H and O–H groups in total. The predicted molar refractivity (Wildman–Crippen MR) is 49.3 cm³/mol. The van der Waals surface area contributed by atoms with Crippen LogP contribution in [0, 0.1) is 0 Å². The summed E-state index contributed by atoms with van der Waals surface area (Å²) < 4.78 is 34.7. The van der Waals surface area contributed by atoms with Crippen LogP contribution in [0.5, 0.6) is 0 Å². The molecule has 0 aliphatic carbocycles. The van der Waals surface area contributed by atoms with E-state index in [4.69, 9.17) is 14.9 Å². The van der Waals surface area contributed by atoms with E-state index in [1.807, 2.05) is 0 Å². The second kappa shape index (κ2) is 4.45. The molecule has 2 unspecified atom stereocenters. The second-order valence-corrected chi connectivity index (χ2v) is 6.36. The van der Waals surface area contributed by atoms with Gasteiger partial charge in [0.05, 0.1) is 13.2 Å². The van der Waals surface area contributed by atoms with Crippen LogP contribution in [-0.4, -0.2) is 44.9 Å². The zero-order valence-electron chi connectivity index (χ0n) is 8.22. The van der Waals surface area contributed by atoms with Gasteiger partial charge in [-0.15, -0.1) is 0 Å². The molecule has 9 nitrogen and oxygen atoms in total. The van der Waals surface area contributed by atoms with Gasteiger partial charge in [0.1, 0.15) is 11.7 Å². The minimum atomic E-state index is -4.91. The number of aliphatic hydroxyl groups is 2. The van der Waals surface area contributed by atoms with Gasteiger partial charge in [-0.3, -0.25) is 9.05 Å². The molecular formula is C5H12O9P2. The summed E-state index contributed by atoms with van der Waals surface area (Å²) in [4.78, 5) is 18.0. The van der Waals surface area contributed by atoms with E-state index in [1.165, 1.54) is 0 Å². The molecule has 1 fully saturated rings. The summed E-state index contributed by atoms with van der Waals surface area (Å²) in [7, 11) is -9.68. The van der Waals surface area contributed by atoms with Crippen molar-refractivity contribution >= 4 is 15.6 Å². The maximum atomic E-state index is 11.2. The molecule has 11 heteroatoms. The fourth-order valence-corrected chi connectivity index (χ4v) is 3.37. The van der Waals surface area contributed by atoms with Crippen molar-refractivity contribution in [1.82, 2.24) is 0 Å². The molecule has 0 spiro atoms. The summed E-state index contributed by atoms with van der Waals surface area (Å²) in [5, 5.41) is 18.4. The molecular weight excluding hydrogens is 269 g/mol. The number of hydrogen-bond donors (Lipinski definition) is 4. The van der Waals surface area contributed by atoms with E-state index >= 15 is 0 Å². The van der Waals surface area contributed by atoms with Crippen LogP contribution < -0.4 is 0 Å². The Morgan fingerprint density at radius 2 is 1.94 bits per heavy atom. The van der Waals surface area contributed by atoms with Crippen molar-refractivity contribution in [3.05, 3.63) is 0 Å². The maximum absolute atomic E-state index is 11.2. The quantitative estimate of drug-likeness (QED) is 0.364. The van der Waals surface area contributed by atoms with Crippen molar-refractivity contribution in [2.24, 2.45) is 0 Å². The van der Waals surface area contributed by atoms with E-state index in [9.17, 15) is 14.2 Å². The normalized spacial score (nSPS) is 50.7. The van der Waals surface area contributed by atoms with E-state index in [0.29, 0.717) is 0 Å². The maximum Gasteiger partial charge on any atom is 0.481 e. The summed E-state index contributed by atoms with van der Waals surface area (Å²) >= 11 is 0. The monoisotopic (exact) mass is 281 g/mol. The predicted octanol–water partition coefficient (Wildman–Crippen LogP) is -0.638. The lowest BCUT2D eigenvalue weighted by Gasteiger charge is -2.35. The fraction of sp³-hybridized carbons (Fsp3) is 1.00. The Bertz CT molecular complexity index is 356. The van der Waals surface area contributed by atoms with Crippen molar-refractivity contribution in [1.29, 1.82) is 0 Å². The number of aliphatic hydroxyl groups excluding tert-OH is 2. The standard InChI is InChI=1S/C5H12O9P2/c1-5(3-6)4(7)2-12-15(8,9)14-16(10,11)13-5/h4,6-7H,2-3H2,1H3,(H,8,9)(H,10,11)/t4-,5+/m1/s1/i2+1,3+1,4+1. The Morgan fingerprint density at radius 1 is 1.38 bits per heavy atom. The van der Waals surface area contributed by atoms with E-state index in [0.717, 1.165) is 6.92 Å². The van der Waals surface area contributed by atoms with E-state index < -0.39 is 40.6 Å². The first kappa shape index (κ1) is 14.2. The Balaban J connectivity index is 3.01. The molecule has 16 heavy (non-hydrogen) atoms. The summed E-state index contributed by atoms with van der Waals surface area (Å²) in [5.74, 6) is 0. The van der Waals surface area contributed by atoms with Gasteiger partial charge in [0, 0.05) is 0 Å². The van der Waals surface area contributed by atoms with Crippen molar-refractivity contribution < 1.29 is 42.5 Å². The third-order valence-corrected chi connectivity index (χ3v) is 4.72. The van der Waals surface area contributed by atoms with E-state index in [-0.39, 0.29) is 0 Å².